The Bertz CT molecular complexity index is 532. The summed E-state index contributed by atoms with van der Waals surface area (Å²) < 4.78 is 29.2. The van der Waals surface area contributed by atoms with Crippen LogP contribution < -0.4 is 19.9 Å². The normalized spacial score (nSPS) is 21.3. The lowest BCUT2D eigenvalue weighted by Crippen LogP contribution is -3.28. The minimum absolute atomic E-state index is 0.0818. The zero-order valence-electron chi connectivity index (χ0n) is 13.2. The van der Waals surface area contributed by atoms with Gasteiger partial charge in [0.05, 0.1) is 6.61 Å². The van der Waals surface area contributed by atoms with Gasteiger partial charge in [-0.15, -0.1) is 8.78 Å². The van der Waals surface area contributed by atoms with Crippen molar-refractivity contribution >= 4 is 23.2 Å². The molecule has 0 aromatic heterocycles. The molecule has 9 heteroatoms. The van der Waals surface area contributed by atoms with Gasteiger partial charge in [0.1, 0.15) is 38.5 Å². The van der Waals surface area contributed by atoms with Gasteiger partial charge in [0, 0.05) is 17.3 Å². The highest BCUT2D eigenvalue weighted by Crippen LogP contribution is 2.25. The summed E-state index contributed by atoms with van der Waals surface area (Å²) in [4.78, 5) is 14.6. The number of rotatable bonds is 7. The number of carbonyl (C=O) groups is 1. The first-order chi connectivity index (χ1) is 11.4. The molecule has 1 heterocycles. The average molecular weight is 366 g/mol. The lowest BCUT2D eigenvalue weighted by atomic mass is 10.3. The predicted octanol–water partition coefficient (Wildman–Crippen LogP) is -1.43. The Morgan fingerprint density at radius 2 is 1.79 bits per heavy atom. The fourth-order valence-corrected chi connectivity index (χ4v) is 2.80. The molecule has 0 bridgehead atoms. The molecule has 0 aliphatic carbocycles. The Hall–Kier alpha value is -1.48. The number of benzene rings is 1. The maximum absolute atomic E-state index is 12.5. The first-order valence-electron chi connectivity index (χ1n) is 7.79. The fourth-order valence-electron chi connectivity index (χ4n) is 2.71. The summed E-state index contributed by atoms with van der Waals surface area (Å²) in [6.07, 6.45) is 0. The smallest absolute Gasteiger partial charge is 0.420 e. The van der Waals surface area contributed by atoms with Crippen LogP contribution in [0.1, 0.15) is 0 Å². The standard InChI is InChI=1S/C15H20ClF2N3O3/c16-15(17,18)24-13-3-1-12(2-4-13)19-14(23)11-21-7-5-20(6-8-21)9-10-22/h1-4,22H,5-11H2,(H,19,23)/p+2. The summed E-state index contributed by atoms with van der Waals surface area (Å²) in [6, 6.07) is 5.59. The van der Waals surface area contributed by atoms with E-state index in [1.807, 2.05) is 0 Å². The van der Waals surface area contributed by atoms with E-state index in [0.717, 1.165) is 32.7 Å². The molecule has 1 aliphatic rings. The third-order valence-corrected chi connectivity index (χ3v) is 3.99. The number of ether oxygens (including phenoxy) is 1. The molecular weight excluding hydrogens is 344 g/mol. The minimum atomic E-state index is -3.76. The summed E-state index contributed by atoms with van der Waals surface area (Å²) in [7, 11) is 0. The molecule has 6 nitrogen and oxygen atoms in total. The van der Waals surface area contributed by atoms with Gasteiger partial charge in [-0.3, -0.25) is 4.79 Å². The number of carbonyl (C=O) groups excluding carboxylic acids is 1. The zero-order chi connectivity index (χ0) is 17.6. The highest BCUT2D eigenvalue weighted by atomic mass is 35.5. The number of nitrogens with one attached hydrogen (secondary N) is 3. The van der Waals surface area contributed by atoms with Crippen molar-refractivity contribution < 1.29 is 33.2 Å². The van der Waals surface area contributed by atoms with Crippen molar-refractivity contribution in [2.75, 3.05) is 51.2 Å². The second kappa shape index (κ2) is 8.57. The molecule has 1 saturated heterocycles. The number of piperazine rings is 1. The number of anilines is 1. The summed E-state index contributed by atoms with van der Waals surface area (Å²) in [6.45, 7) is 4.89. The number of quaternary nitrogens is 2. The molecule has 0 radical (unpaired) electrons. The van der Waals surface area contributed by atoms with Gasteiger partial charge in [0.15, 0.2) is 6.54 Å². The number of aliphatic hydroxyl groups excluding tert-OH is 1. The van der Waals surface area contributed by atoms with Crippen LogP contribution in [0.15, 0.2) is 24.3 Å². The van der Waals surface area contributed by atoms with Crippen molar-refractivity contribution in [3.8, 4) is 5.75 Å². The maximum Gasteiger partial charge on any atom is 0.487 e. The third-order valence-electron chi connectivity index (χ3n) is 3.91. The third kappa shape index (κ3) is 6.56. The highest BCUT2D eigenvalue weighted by Gasteiger charge is 2.27. The quantitative estimate of drug-likeness (QED) is 0.448. The van der Waals surface area contributed by atoms with Crippen molar-refractivity contribution in [1.82, 2.24) is 0 Å². The number of aliphatic hydroxyl groups is 1. The van der Waals surface area contributed by atoms with Gasteiger partial charge in [0.25, 0.3) is 5.91 Å². The van der Waals surface area contributed by atoms with Crippen molar-refractivity contribution in [2.45, 2.75) is 5.57 Å². The number of alkyl halides is 3. The molecule has 134 valence electrons. The number of hydrogen-bond donors (Lipinski definition) is 4. The number of hydrogen-bond acceptors (Lipinski definition) is 3. The van der Waals surface area contributed by atoms with Crippen LogP contribution in [0.4, 0.5) is 14.5 Å². The SMILES string of the molecule is O=C(C[NH+]1CC[NH+](CCO)CC1)Nc1ccc(OC(F)(F)Cl)cc1. The van der Waals surface area contributed by atoms with Gasteiger partial charge in [-0.25, -0.2) is 0 Å². The van der Waals surface area contributed by atoms with Crippen LogP contribution in [-0.4, -0.2) is 62.5 Å². The van der Waals surface area contributed by atoms with Gasteiger partial charge in [-0.05, 0) is 24.3 Å². The van der Waals surface area contributed by atoms with Gasteiger partial charge in [0.2, 0.25) is 0 Å². The summed E-state index contributed by atoms with van der Waals surface area (Å²) in [5.41, 5.74) is -3.25. The lowest BCUT2D eigenvalue weighted by Gasteiger charge is -2.28. The zero-order valence-corrected chi connectivity index (χ0v) is 13.9. The van der Waals surface area contributed by atoms with E-state index in [0.29, 0.717) is 12.2 Å². The Morgan fingerprint density at radius 1 is 1.21 bits per heavy atom. The Balaban J connectivity index is 1.76. The molecule has 0 spiro atoms. The van der Waals surface area contributed by atoms with E-state index >= 15 is 0 Å². The van der Waals surface area contributed by atoms with Crippen LogP contribution in [0.3, 0.4) is 0 Å². The molecule has 1 fully saturated rings. The van der Waals surface area contributed by atoms with E-state index in [2.05, 4.69) is 21.7 Å². The van der Waals surface area contributed by atoms with Crippen LogP contribution in [0.25, 0.3) is 0 Å². The van der Waals surface area contributed by atoms with Crippen molar-refractivity contribution in [3.05, 3.63) is 24.3 Å². The summed E-state index contributed by atoms with van der Waals surface area (Å²) >= 11 is 4.69. The number of amides is 1. The molecule has 0 unspecified atom stereocenters. The van der Waals surface area contributed by atoms with E-state index in [1.54, 1.807) is 0 Å². The van der Waals surface area contributed by atoms with Crippen LogP contribution in [0, 0.1) is 0 Å². The molecule has 1 aliphatic heterocycles. The maximum atomic E-state index is 12.5. The van der Waals surface area contributed by atoms with Gasteiger partial charge in [-0.2, -0.15) is 0 Å². The van der Waals surface area contributed by atoms with Crippen LogP contribution in [-0.2, 0) is 4.79 Å². The Labute approximate surface area is 143 Å². The minimum Gasteiger partial charge on any atom is -0.420 e. The topological polar surface area (TPSA) is 67.4 Å². The first kappa shape index (κ1) is 18.9. The molecule has 1 aromatic carbocycles. The van der Waals surface area contributed by atoms with E-state index in [1.165, 1.54) is 34.1 Å². The van der Waals surface area contributed by atoms with E-state index in [4.69, 9.17) is 5.11 Å². The molecular formula is C15H22ClF2N3O3+2. The predicted molar refractivity (Wildman–Crippen MR) is 84.7 cm³/mol. The molecule has 1 amide bonds. The van der Waals surface area contributed by atoms with Gasteiger partial charge >= 0.3 is 5.57 Å². The van der Waals surface area contributed by atoms with Gasteiger partial charge in [-0.1, -0.05) is 0 Å². The lowest BCUT2D eigenvalue weighted by molar-refractivity contribution is -1.01. The van der Waals surface area contributed by atoms with Crippen molar-refractivity contribution in [2.24, 2.45) is 0 Å². The van der Waals surface area contributed by atoms with E-state index in [-0.39, 0.29) is 18.3 Å². The number of halogens is 3. The monoisotopic (exact) mass is 365 g/mol. The van der Waals surface area contributed by atoms with E-state index < -0.39 is 5.57 Å². The first-order valence-corrected chi connectivity index (χ1v) is 8.17. The van der Waals surface area contributed by atoms with E-state index in [9.17, 15) is 13.6 Å². The van der Waals surface area contributed by atoms with Crippen LogP contribution >= 0.6 is 11.6 Å². The van der Waals surface area contributed by atoms with Crippen molar-refractivity contribution in [3.63, 3.8) is 0 Å². The molecule has 0 atom stereocenters. The molecule has 1 aromatic rings. The molecule has 24 heavy (non-hydrogen) atoms. The largest absolute Gasteiger partial charge is 0.487 e. The Kier molecular flexibility index (Phi) is 6.73. The summed E-state index contributed by atoms with van der Waals surface area (Å²) in [5.74, 6) is -0.214. The Morgan fingerprint density at radius 3 is 2.33 bits per heavy atom. The van der Waals surface area contributed by atoms with Gasteiger partial charge < -0.3 is 25.0 Å². The second-order valence-electron chi connectivity index (χ2n) is 5.77. The molecule has 2 rings (SSSR count). The highest BCUT2D eigenvalue weighted by molar-refractivity contribution is 6.20. The van der Waals surface area contributed by atoms with Crippen LogP contribution in [0.5, 0.6) is 5.75 Å². The van der Waals surface area contributed by atoms with Crippen molar-refractivity contribution in [1.29, 1.82) is 0 Å². The van der Waals surface area contributed by atoms with Crippen LogP contribution in [0.2, 0.25) is 0 Å². The fraction of sp³-hybridized carbons (Fsp3) is 0.533. The average Bonchev–Trinajstić information content (AvgIpc) is 2.50. The molecule has 0 saturated carbocycles. The molecule has 4 N–H and O–H groups in total. The summed E-state index contributed by atoms with van der Waals surface area (Å²) in [5, 5.41) is 11.7. The second-order valence-corrected chi connectivity index (χ2v) is 6.21.